The molecular formula is C16H25NOS. The van der Waals surface area contributed by atoms with Crippen molar-refractivity contribution in [3.8, 4) is 5.75 Å². The molecule has 1 saturated carbocycles. The van der Waals surface area contributed by atoms with Gasteiger partial charge in [-0.3, -0.25) is 0 Å². The largest absolute Gasteiger partial charge is 0.497 e. The molecule has 106 valence electrons. The Bertz CT molecular complexity index is 366. The van der Waals surface area contributed by atoms with Gasteiger partial charge in [-0.2, -0.15) is 0 Å². The zero-order valence-corrected chi connectivity index (χ0v) is 12.8. The number of thioether (sulfide) groups is 1. The summed E-state index contributed by atoms with van der Waals surface area (Å²) in [4.78, 5) is 1.35. The second-order valence-electron chi connectivity index (χ2n) is 5.22. The lowest BCUT2D eigenvalue weighted by Crippen LogP contribution is -2.36. The molecule has 0 saturated heterocycles. The van der Waals surface area contributed by atoms with Crippen LogP contribution in [0.4, 0.5) is 0 Å². The first kappa shape index (κ1) is 14.7. The van der Waals surface area contributed by atoms with E-state index < -0.39 is 0 Å². The Kier molecular flexibility index (Phi) is 6.05. The lowest BCUT2D eigenvalue weighted by Gasteiger charge is -2.28. The van der Waals surface area contributed by atoms with Gasteiger partial charge in [0, 0.05) is 16.2 Å². The summed E-state index contributed by atoms with van der Waals surface area (Å²) in [6, 6.07) is 9.11. The van der Waals surface area contributed by atoms with E-state index in [-0.39, 0.29) is 0 Å². The highest BCUT2D eigenvalue weighted by Gasteiger charge is 2.22. The van der Waals surface area contributed by atoms with E-state index in [0.717, 1.165) is 5.75 Å². The van der Waals surface area contributed by atoms with E-state index in [1.807, 2.05) is 11.8 Å². The third-order valence-corrected chi connectivity index (χ3v) is 5.33. The van der Waals surface area contributed by atoms with E-state index in [9.17, 15) is 0 Å². The Balaban J connectivity index is 2.00. The molecule has 1 aromatic carbocycles. The summed E-state index contributed by atoms with van der Waals surface area (Å²) >= 11 is 2.02. The number of benzene rings is 1. The minimum atomic E-state index is 0.646. The maximum Gasteiger partial charge on any atom is 0.118 e. The van der Waals surface area contributed by atoms with E-state index in [0.29, 0.717) is 11.3 Å². The Hall–Kier alpha value is -0.670. The molecule has 0 radical (unpaired) electrons. The van der Waals surface area contributed by atoms with Crippen LogP contribution in [0.5, 0.6) is 5.75 Å². The van der Waals surface area contributed by atoms with Crippen molar-refractivity contribution in [2.75, 3.05) is 14.2 Å². The first-order valence-electron chi connectivity index (χ1n) is 7.31. The van der Waals surface area contributed by atoms with Gasteiger partial charge in [0.25, 0.3) is 0 Å². The lowest BCUT2D eigenvalue weighted by atomic mass is 9.96. The highest BCUT2D eigenvalue weighted by Crippen LogP contribution is 2.33. The minimum Gasteiger partial charge on any atom is -0.497 e. The number of hydrogen-bond donors (Lipinski definition) is 1. The van der Waals surface area contributed by atoms with Crippen LogP contribution < -0.4 is 10.1 Å². The summed E-state index contributed by atoms with van der Waals surface area (Å²) < 4.78 is 5.22. The van der Waals surface area contributed by atoms with Crippen molar-refractivity contribution in [3.63, 3.8) is 0 Å². The zero-order chi connectivity index (χ0) is 13.5. The van der Waals surface area contributed by atoms with Gasteiger partial charge in [0.15, 0.2) is 0 Å². The van der Waals surface area contributed by atoms with Crippen molar-refractivity contribution in [3.05, 3.63) is 24.3 Å². The van der Waals surface area contributed by atoms with E-state index >= 15 is 0 Å². The Morgan fingerprint density at radius 1 is 1.05 bits per heavy atom. The lowest BCUT2D eigenvalue weighted by molar-refractivity contribution is 0.414. The Morgan fingerprint density at radius 3 is 2.37 bits per heavy atom. The average molecular weight is 279 g/mol. The van der Waals surface area contributed by atoms with Crippen LogP contribution in [0, 0.1) is 0 Å². The molecule has 0 bridgehead atoms. The fourth-order valence-electron chi connectivity index (χ4n) is 2.75. The standard InChI is InChI=1S/C16H25NOS/c1-17-15-7-5-3-4-6-8-16(15)19-14-11-9-13(18-2)10-12-14/h9-12,15-17H,3-8H2,1-2H3. The fourth-order valence-corrected chi connectivity index (χ4v) is 4.11. The summed E-state index contributed by atoms with van der Waals surface area (Å²) in [7, 11) is 3.82. The van der Waals surface area contributed by atoms with Crippen molar-refractivity contribution >= 4 is 11.8 Å². The summed E-state index contributed by atoms with van der Waals surface area (Å²) in [6.45, 7) is 0. The van der Waals surface area contributed by atoms with Gasteiger partial charge in [0.1, 0.15) is 5.75 Å². The van der Waals surface area contributed by atoms with Crippen LogP contribution in [-0.2, 0) is 0 Å². The monoisotopic (exact) mass is 279 g/mol. The molecule has 2 rings (SSSR count). The number of ether oxygens (including phenoxy) is 1. The van der Waals surface area contributed by atoms with E-state index in [1.54, 1.807) is 7.11 Å². The van der Waals surface area contributed by atoms with Crippen LogP contribution in [0.3, 0.4) is 0 Å². The van der Waals surface area contributed by atoms with Gasteiger partial charge in [0.05, 0.1) is 7.11 Å². The van der Waals surface area contributed by atoms with Gasteiger partial charge in [-0.25, -0.2) is 0 Å². The molecule has 0 aromatic heterocycles. The molecule has 1 aromatic rings. The van der Waals surface area contributed by atoms with Crippen LogP contribution in [-0.4, -0.2) is 25.4 Å². The van der Waals surface area contributed by atoms with Crippen molar-refractivity contribution in [2.45, 2.75) is 54.7 Å². The van der Waals surface area contributed by atoms with Crippen molar-refractivity contribution in [1.82, 2.24) is 5.32 Å². The molecule has 1 fully saturated rings. The highest BCUT2D eigenvalue weighted by atomic mass is 32.2. The molecule has 2 atom stereocenters. The molecule has 2 unspecified atom stereocenters. The molecule has 1 N–H and O–H groups in total. The summed E-state index contributed by atoms with van der Waals surface area (Å²) in [5.41, 5.74) is 0. The van der Waals surface area contributed by atoms with E-state index in [1.165, 1.54) is 43.4 Å². The molecule has 0 spiro atoms. The Morgan fingerprint density at radius 2 is 1.74 bits per heavy atom. The molecule has 0 amide bonds. The summed E-state index contributed by atoms with van der Waals surface area (Å²) in [6.07, 6.45) is 8.16. The highest BCUT2D eigenvalue weighted by molar-refractivity contribution is 8.00. The third-order valence-electron chi connectivity index (χ3n) is 3.92. The second kappa shape index (κ2) is 7.81. The molecule has 1 aliphatic carbocycles. The smallest absolute Gasteiger partial charge is 0.118 e. The normalized spacial score (nSPS) is 24.5. The van der Waals surface area contributed by atoms with Crippen LogP contribution >= 0.6 is 11.8 Å². The minimum absolute atomic E-state index is 0.646. The number of nitrogens with one attached hydrogen (secondary N) is 1. The predicted octanol–water partition coefficient (Wildman–Crippen LogP) is 4.10. The fraction of sp³-hybridized carbons (Fsp3) is 0.625. The molecule has 3 heteroatoms. The number of hydrogen-bond acceptors (Lipinski definition) is 3. The SMILES string of the molecule is CNC1CCCCCCC1Sc1ccc(OC)cc1. The van der Waals surface area contributed by atoms with Crippen molar-refractivity contribution in [1.29, 1.82) is 0 Å². The third kappa shape index (κ3) is 4.43. The van der Waals surface area contributed by atoms with Crippen LogP contribution in [0.15, 0.2) is 29.2 Å². The maximum atomic E-state index is 5.22. The first-order valence-corrected chi connectivity index (χ1v) is 8.19. The van der Waals surface area contributed by atoms with Crippen molar-refractivity contribution in [2.24, 2.45) is 0 Å². The maximum absolute atomic E-state index is 5.22. The summed E-state index contributed by atoms with van der Waals surface area (Å²) in [5, 5.41) is 4.21. The molecule has 2 nitrogen and oxygen atoms in total. The second-order valence-corrected chi connectivity index (χ2v) is 6.53. The van der Waals surface area contributed by atoms with E-state index in [2.05, 4.69) is 36.6 Å². The number of methoxy groups -OCH3 is 1. The van der Waals surface area contributed by atoms with Crippen LogP contribution in [0.2, 0.25) is 0 Å². The Labute approximate surface area is 121 Å². The molecule has 1 aliphatic rings. The van der Waals surface area contributed by atoms with Gasteiger partial charge in [-0.15, -0.1) is 11.8 Å². The molecule has 0 heterocycles. The quantitative estimate of drug-likeness (QED) is 0.896. The summed E-state index contributed by atoms with van der Waals surface area (Å²) in [5.74, 6) is 0.937. The number of rotatable bonds is 4. The molecule has 0 aliphatic heterocycles. The van der Waals surface area contributed by atoms with Gasteiger partial charge in [-0.05, 0) is 44.2 Å². The van der Waals surface area contributed by atoms with E-state index in [4.69, 9.17) is 4.74 Å². The molecule has 19 heavy (non-hydrogen) atoms. The van der Waals surface area contributed by atoms with Gasteiger partial charge >= 0.3 is 0 Å². The van der Waals surface area contributed by atoms with Gasteiger partial charge < -0.3 is 10.1 Å². The topological polar surface area (TPSA) is 21.3 Å². The van der Waals surface area contributed by atoms with Crippen LogP contribution in [0.1, 0.15) is 38.5 Å². The first-order chi connectivity index (χ1) is 9.33. The van der Waals surface area contributed by atoms with Crippen LogP contribution in [0.25, 0.3) is 0 Å². The van der Waals surface area contributed by atoms with Gasteiger partial charge in [-0.1, -0.05) is 25.7 Å². The zero-order valence-electron chi connectivity index (χ0n) is 12.0. The molecular weight excluding hydrogens is 254 g/mol. The predicted molar refractivity (Wildman–Crippen MR) is 83.2 cm³/mol. The average Bonchev–Trinajstić information content (AvgIpc) is 2.43. The van der Waals surface area contributed by atoms with Gasteiger partial charge in [0.2, 0.25) is 0 Å². The van der Waals surface area contributed by atoms with Crippen molar-refractivity contribution < 1.29 is 4.74 Å².